The van der Waals surface area contributed by atoms with Gasteiger partial charge in [-0.1, -0.05) is 6.07 Å². The topological polar surface area (TPSA) is 44.8 Å². The maximum atomic E-state index is 12.7. The Morgan fingerprint density at radius 2 is 1.50 bits per heavy atom. The van der Waals surface area contributed by atoms with Crippen molar-refractivity contribution in [2.24, 2.45) is 23.2 Å². The lowest BCUT2D eigenvalue weighted by Crippen LogP contribution is -2.47. The summed E-state index contributed by atoms with van der Waals surface area (Å²) in [5.74, 6) is 3.83. The van der Waals surface area contributed by atoms with Gasteiger partial charge in [0.2, 0.25) is 5.75 Å². The van der Waals surface area contributed by atoms with Gasteiger partial charge in [-0.05, 0) is 73.8 Å². The fraction of sp³-hybridized carbons (Fsp3) is 0.650. The molecular formula is C20H26O4. The van der Waals surface area contributed by atoms with Gasteiger partial charge < -0.3 is 14.2 Å². The van der Waals surface area contributed by atoms with Crippen LogP contribution in [0.4, 0.5) is 0 Å². The molecule has 1 aromatic carbocycles. The summed E-state index contributed by atoms with van der Waals surface area (Å²) in [6.07, 6.45) is 8.29. The number of benzene rings is 1. The Balaban J connectivity index is 1.50. The second-order valence-electron chi connectivity index (χ2n) is 8.06. The van der Waals surface area contributed by atoms with E-state index >= 15 is 0 Å². The molecule has 0 unspecified atom stereocenters. The van der Waals surface area contributed by atoms with E-state index in [-0.39, 0.29) is 11.4 Å². The van der Waals surface area contributed by atoms with Gasteiger partial charge in [0.05, 0.1) is 20.6 Å². The highest BCUT2D eigenvalue weighted by Gasteiger charge is 2.51. The monoisotopic (exact) mass is 330 g/mol. The highest BCUT2D eigenvalue weighted by Crippen LogP contribution is 2.61. The second-order valence-corrected chi connectivity index (χ2v) is 8.06. The zero-order valence-electron chi connectivity index (χ0n) is 14.5. The largest absolute Gasteiger partial charge is 0.493 e. The third kappa shape index (κ3) is 2.76. The number of esters is 1. The number of methoxy groups -OCH3 is 2. The van der Waals surface area contributed by atoms with Crippen LogP contribution in [0, 0.1) is 23.2 Å². The van der Waals surface area contributed by atoms with Gasteiger partial charge >= 0.3 is 5.97 Å². The quantitative estimate of drug-likeness (QED) is 0.599. The van der Waals surface area contributed by atoms with Gasteiger partial charge in [-0.2, -0.15) is 0 Å². The molecule has 0 radical (unpaired) electrons. The van der Waals surface area contributed by atoms with Crippen molar-refractivity contribution in [1.82, 2.24) is 0 Å². The zero-order chi connectivity index (χ0) is 16.7. The minimum absolute atomic E-state index is 0.153. The number of carbonyl (C=O) groups is 1. The summed E-state index contributed by atoms with van der Waals surface area (Å²) in [5.41, 5.74) is 0.182. The van der Waals surface area contributed by atoms with Crippen LogP contribution in [0.3, 0.4) is 0 Å². The Labute approximate surface area is 143 Å². The van der Waals surface area contributed by atoms with Gasteiger partial charge in [0.25, 0.3) is 0 Å². The van der Waals surface area contributed by atoms with Crippen molar-refractivity contribution in [2.45, 2.75) is 44.9 Å². The minimum atomic E-state index is -0.153. The lowest BCUT2D eigenvalue weighted by molar-refractivity contribution is -0.143. The average molecular weight is 330 g/mol. The molecule has 130 valence electrons. The molecular weight excluding hydrogens is 304 g/mol. The number of hydrogen-bond donors (Lipinski definition) is 0. The third-order valence-electron chi connectivity index (χ3n) is 6.28. The first-order valence-corrected chi connectivity index (χ1v) is 9.02. The van der Waals surface area contributed by atoms with Crippen LogP contribution in [0.1, 0.15) is 44.9 Å². The molecule has 4 saturated carbocycles. The molecule has 0 atom stereocenters. The van der Waals surface area contributed by atoms with Gasteiger partial charge in [0.15, 0.2) is 11.5 Å². The highest BCUT2D eigenvalue weighted by atomic mass is 16.6. The van der Waals surface area contributed by atoms with E-state index in [1.807, 2.05) is 6.07 Å². The van der Waals surface area contributed by atoms with E-state index in [4.69, 9.17) is 14.2 Å². The summed E-state index contributed by atoms with van der Waals surface area (Å²) in [7, 11) is 3.15. The maximum Gasteiger partial charge on any atom is 0.312 e. The molecule has 4 aliphatic carbocycles. The molecule has 0 amide bonds. The average Bonchev–Trinajstić information content (AvgIpc) is 2.53. The Morgan fingerprint density at radius 3 is 1.96 bits per heavy atom. The van der Waals surface area contributed by atoms with Crippen LogP contribution in [0.2, 0.25) is 0 Å². The molecule has 4 bridgehead atoms. The molecule has 4 nitrogen and oxygen atoms in total. The van der Waals surface area contributed by atoms with E-state index in [1.165, 1.54) is 38.5 Å². The van der Waals surface area contributed by atoms with Gasteiger partial charge in [0, 0.05) is 0 Å². The summed E-state index contributed by atoms with van der Waals surface area (Å²) >= 11 is 0. The Bertz CT molecular complexity index is 579. The molecule has 4 fully saturated rings. The van der Waals surface area contributed by atoms with Crippen LogP contribution in [0.25, 0.3) is 0 Å². The summed E-state index contributed by atoms with van der Waals surface area (Å²) in [6, 6.07) is 5.40. The molecule has 1 aromatic rings. The molecule has 24 heavy (non-hydrogen) atoms. The smallest absolute Gasteiger partial charge is 0.312 e. The summed E-state index contributed by atoms with van der Waals surface area (Å²) < 4.78 is 16.4. The van der Waals surface area contributed by atoms with Gasteiger partial charge in [-0.25, -0.2) is 0 Å². The van der Waals surface area contributed by atoms with Crippen molar-refractivity contribution in [3.8, 4) is 17.2 Å². The van der Waals surface area contributed by atoms with Crippen molar-refractivity contribution in [3.05, 3.63) is 18.2 Å². The number of rotatable bonds is 5. The standard InChI is InChI=1S/C20H26O4/c1-22-16-4-3-5-17(23-2)19(16)24-18(21)12-20-9-13-6-14(10-20)8-15(7-13)11-20/h3-5,13-15H,6-12H2,1-2H3. The van der Waals surface area contributed by atoms with E-state index in [9.17, 15) is 4.79 Å². The van der Waals surface area contributed by atoms with Crippen molar-refractivity contribution in [1.29, 1.82) is 0 Å². The Kier molecular flexibility index (Phi) is 3.93. The van der Waals surface area contributed by atoms with E-state index in [0.717, 1.165) is 17.8 Å². The lowest BCUT2D eigenvalue weighted by Gasteiger charge is -2.56. The van der Waals surface area contributed by atoms with Crippen LogP contribution in [0.5, 0.6) is 17.2 Å². The Hall–Kier alpha value is -1.71. The zero-order valence-corrected chi connectivity index (χ0v) is 14.5. The fourth-order valence-corrected chi connectivity index (χ4v) is 5.88. The number of ether oxygens (including phenoxy) is 3. The lowest BCUT2D eigenvalue weighted by atomic mass is 9.49. The normalized spacial score (nSPS) is 33.3. The predicted octanol–water partition coefficient (Wildman–Crippen LogP) is 4.22. The molecule has 0 aliphatic heterocycles. The van der Waals surface area contributed by atoms with Gasteiger partial charge in [0.1, 0.15) is 0 Å². The highest BCUT2D eigenvalue weighted by molar-refractivity contribution is 5.75. The summed E-state index contributed by atoms with van der Waals surface area (Å²) in [5, 5.41) is 0. The number of carbonyl (C=O) groups excluding carboxylic acids is 1. The third-order valence-corrected chi connectivity index (χ3v) is 6.28. The molecule has 4 heteroatoms. The molecule has 4 aliphatic rings. The van der Waals surface area contributed by atoms with E-state index in [0.29, 0.717) is 23.7 Å². The van der Waals surface area contributed by atoms with E-state index < -0.39 is 0 Å². The Morgan fingerprint density at radius 1 is 1.00 bits per heavy atom. The van der Waals surface area contributed by atoms with Crippen LogP contribution in [-0.2, 0) is 4.79 Å². The first kappa shape index (κ1) is 15.8. The summed E-state index contributed by atoms with van der Waals surface area (Å²) in [4.78, 5) is 12.7. The van der Waals surface area contributed by atoms with Crippen molar-refractivity contribution < 1.29 is 19.0 Å². The van der Waals surface area contributed by atoms with Gasteiger partial charge in [-0.15, -0.1) is 0 Å². The fourth-order valence-electron chi connectivity index (χ4n) is 5.88. The maximum absolute atomic E-state index is 12.7. The molecule has 5 rings (SSSR count). The van der Waals surface area contributed by atoms with Crippen LogP contribution in [0.15, 0.2) is 18.2 Å². The van der Waals surface area contributed by atoms with Crippen LogP contribution in [-0.4, -0.2) is 20.2 Å². The first-order valence-electron chi connectivity index (χ1n) is 9.02. The summed E-state index contributed by atoms with van der Waals surface area (Å²) in [6.45, 7) is 0. The van der Waals surface area contributed by atoms with Crippen LogP contribution >= 0.6 is 0 Å². The number of para-hydroxylation sites is 1. The van der Waals surface area contributed by atoms with Crippen LogP contribution < -0.4 is 14.2 Å². The molecule has 0 N–H and O–H groups in total. The minimum Gasteiger partial charge on any atom is -0.493 e. The molecule has 0 spiro atoms. The van der Waals surface area contributed by atoms with E-state index in [1.54, 1.807) is 26.4 Å². The SMILES string of the molecule is COc1cccc(OC)c1OC(=O)CC12CC3CC(CC(C3)C1)C2. The predicted molar refractivity (Wildman–Crippen MR) is 90.4 cm³/mol. The van der Waals surface area contributed by atoms with Crippen molar-refractivity contribution >= 4 is 5.97 Å². The van der Waals surface area contributed by atoms with Crippen molar-refractivity contribution in [2.75, 3.05) is 14.2 Å². The van der Waals surface area contributed by atoms with Crippen molar-refractivity contribution in [3.63, 3.8) is 0 Å². The van der Waals surface area contributed by atoms with E-state index in [2.05, 4.69) is 0 Å². The first-order chi connectivity index (χ1) is 11.6. The van der Waals surface area contributed by atoms with Gasteiger partial charge in [-0.3, -0.25) is 4.79 Å². The number of hydrogen-bond acceptors (Lipinski definition) is 4. The molecule has 0 aromatic heterocycles. The second kappa shape index (κ2) is 5.98. The molecule has 0 saturated heterocycles. The molecule has 0 heterocycles.